The number of thioether (sulfide) groups is 2. The molecule has 1 heterocycles. The first-order valence-electron chi connectivity index (χ1n) is 8.03. The van der Waals surface area contributed by atoms with E-state index in [-0.39, 0.29) is 11.1 Å². The second-order valence-corrected chi connectivity index (χ2v) is 8.72. The predicted molar refractivity (Wildman–Crippen MR) is 110 cm³/mol. The molecule has 3 aromatic rings. The van der Waals surface area contributed by atoms with E-state index in [0.29, 0.717) is 28.2 Å². The highest BCUT2D eigenvalue weighted by Gasteiger charge is 2.19. The first-order valence-corrected chi connectivity index (χ1v) is 10.6. The summed E-state index contributed by atoms with van der Waals surface area (Å²) in [6.45, 7) is 1.71. The average molecular weight is 486 g/mol. The first kappa shape index (κ1) is 20.8. The van der Waals surface area contributed by atoms with Gasteiger partial charge in [-0.05, 0) is 59.3 Å². The van der Waals surface area contributed by atoms with Gasteiger partial charge in [-0.3, -0.25) is 4.79 Å². The van der Waals surface area contributed by atoms with Gasteiger partial charge < -0.3 is 9.73 Å². The number of hydrogen-bond acceptors (Lipinski definition) is 6. The van der Waals surface area contributed by atoms with Crippen molar-refractivity contribution in [2.24, 2.45) is 0 Å². The van der Waals surface area contributed by atoms with Gasteiger partial charge in [0, 0.05) is 15.1 Å². The van der Waals surface area contributed by atoms with Crippen LogP contribution in [0.5, 0.6) is 0 Å². The standard InChI is InChI=1S/C18H14BrF2N3O2S2/c1-10(15(25)22-11-6-8-12(9-7-11)28-17(20)21)27-18-24-23-16(26-18)13-4-2-3-5-14(13)19/h2-10,17H,1H3,(H,22,25). The lowest BCUT2D eigenvalue weighted by molar-refractivity contribution is -0.115. The van der Waals surface area contributed by atoms with Crippen molar-refractivity contribution in [2.45, 2.75) is 28.0 Å². The van der Waals surface area contributed by atoms with Gasteiger partial charge in [-0.1, -0.05) is 35.7 Å². The van der Waals surface area contributed by atoms with Crippen LogP contribution in [-0.4, -0.2) is 27.1 Å². The van der Waals surface area contributed by atoms with E-state index in [1.165, 1.54) is 12.1 Å². The highest BCUT2D eigenvalue weighted by molar-refractivity contribution is 9.10. The number of anilines is 1. The molecule has 1 unspecified atom stereocenters. The van der Waals surface area contributed by atoms with E-state index in [1.54, 1.807) is 19.1 Å². The molecule has 5 nitrogen and oxygen atoms in total. The number of amides is 1. The quantitative estimate of drug-likeness (QED) is 0.418. The topological polar surface area (TPSA) is 68.0 Å². The van der Waals surface area contributed by atoms with Gasteiger partial charge in [0.1, 0.15) is 0 Å². The number of alkyl halides is 2. The summed E-state index contributed by atoms with van der Waals surface area (Å²) in [6, 6.07) is 13.7. The Kier molecular flexibility index (Phi) is 7.08. The second kappa shape index (κ2) is 9.53. The lowest BCUT2D eigenvalue weighted by Crippen LogP contribution is -2.22. The molecule has 1 amide bonds. The summed E-state index contributed by atoms with van der Waals surface area (Å²) < 4.78 is 31.1. The monoisotopic (exact) mass is 485 g/mol. The summed E-state index contributed by atoms with van der Waals surface area (Å²) in [5, 5.41) is 10.5. The van der Waals surface area contributed by atoms with Crippen molar-refractivity contribution in [1.82, 2.24) is 10.2 Å². The third-order valence-electron chi connectivity index (χ3n) is 3.50. The molecule has 0 aliphatic heterocycles. The molecule has 0 aliphatic rings. The minimum absolute atomic E-state index is 0.264. The van der Waals surface area contributed by atoms with Crippen LogP contribution in [0.1, 0.15) is 6.92 Å². The van der Waals surface area contributed by atoms with Gasteiger partial charge >= 0.3 is 0 Å². The van der Waals surface area contributed by atoms with E-state index < -0.39 is 11.0 Å². The summed E-state index contributed by atoms with van der Waals surface area (Å²) in [4.78, 5) is 12.8. The average Bonchev–Trinajstić information content (AvgIpc) is 3.11. The van der Waals surface area contributed by atoms with Crippen LogP contribution in [0.15, 0.2) is 67.5 Å². The highest BCUT2D eigenvalue weighted by atomic mass is 79.9. The molecule has 0 radical (unpaired) electrons. The summed E-state index contributed by atoms with van der Waals surface area (Å²) in [5.74, 6) is -2.39. The minimum atomic E-state index is -2.48. The molecular weight excluding hydrogens is 472 g/mol. The molecule has 0 spiro atoms. The van der Waals surface area contributed by atoms with Crippen LogP contribution < -0.4 is 5.32 Å². The fourth-order valence-corrected chi connectivity index (χ4v) is 3.81. The van der Waals surface area contributed by atoms with Gasteiger partial charge in [0.2, 0.25) is 11.8 Å². The lowest BCUT2D eigenvalue weighted by Gasteiger charge is -2.10. The lowest BCUT2D eigenvalue weighted by atomic mass is 10.2. The first-order chi connectivity index (χ1) is 13.4. The van der Waals surface area contributed by atoms with Gasteiger partial charge in [0.15, 0.2) is 0 Å². The van der Waals surface area contributed by atoms with Gasteiger partial charge in [-0.2, -0.15) is 8.78 Å². The van der Waals surface area contributed by atoms with E-state index in [9.17, 15) is 13.6 Å². The van der Waals surface area contributed by atoms with Crippen LogP contribution in [-0.2, 0) is 4.79 Å². The highest BCUT2D eigenvalue weighted by Crippen LogP contribution is 2.31. The van der Waals surface area contributed by atoms with Crippen LogP contribution in [0, 0.1) is 0 Å². The van der Waals surface area contributed by atoms with Crippen molar-refractivity contribution in [2.75, 3.05) is 5.32 Å². The zero-order valence-electron chi connectivity index (χ0n) is 14.4. The number of nitrogens with one attached hydrogen (secondary N) is 1. The molecule has 0 bridgehead atoms. The molecule has 28 heavy (non-hydrogen) atoms. The van der Waals surface area contributed by atoms with Gasteiger partial charge in [-0.15, -0.1) is 10.2 Å². The maximum Gasteiger partial charge on any atom is 0.288 e. The van der Waals surface area contributed by atoms with Crippen molar-refractivity contribution in [3.63, 3.8) is 0 Å². The molecule has 1 aromatic heterocycles. The van der Waals surface area contributed by atoms with E-state index in [2.05, 4.69) is 31.4 Å². The van der Waals surface area contributed by atoms with E-state index in [0.717, 1.165) is 21.8 Å². The molecule has 0 fully saturated rings. The minimum Gasteiger partial charge on any atom is -0.411 e. The number of aromatic nitrogens is 2. The fraction of sp³-hybridized carbons (Fsp3) is 0.167. The Balaban J connectivity index is 1.59. The normalized spacial score (nSPS) is 12.2. The third kappa shape index (κ3) is 5.55. The number of nitrogens with zero attached hydrogens (tertiary/aromatic N) is 2. The number of carbonyl (C=O) groups is 1. The Labute approximate surface area is 176 Å². The molecule has 1 atom stereocenters. The number of carbonyl (C=O) groups excluding carboxylic acids is 1. The van der Waals surface area contributed by atoms with Crippen LogP contribution >= 0.6 is 39.5 Å². The van der Waals surface area contributed by atoms with Crippen LogP contribution in [0.25, 0.3) is 11.5 Å². The van der Waals surface area contributed by atoms with Gasteiger partial charge in [0.25, 0.3) is 11.0 Å². The van der Waals surface area contributed by atoms with Crippen LogP contribution in [0.3, 0.4) is 0 Å². The molecular formula is C18H14BrF2N3O2S2. The maximum absolute atomic E-state index is 12.4. The van der Waals surface area contributed by atoms with Crippen molar-refractivity contribution < 1.29 is 18.0 Å². The summed E-state index contributed by atoms with van der Waals surface area (Å²) >= 11 is 5.02. The van der Waals surface area contributed by atoms with E-state index >= 15 is 0 Å². The van der Waals surface area contributed by atoms with Crippen LogP contribution in [0.4, 0.5) is 14.5 Å². The molecule has 1 N–H and O–H groups in total. The fourth-order valence-electron chi connectivity index (χ4n) is 2.17. The zero-order valence-corrected chi connectivity index (χ0v) is 17.7. The van der Waals surface area contributed by atoms with Gasteiger partial charge in [-0.25, -0.2) is 0 Å². The maximum atomic E-state index is 12.4. The molecule has 146 valence electrons. The Hall–Kier alpha value is -1.91. The van der Waals surface area contributed by atoms with Crippen molar-refractivity contribution in [3.05, 3.63) is 53.0 Å². The number of benzene rings is 2. The Morgan fingerprint density at radius 2 is 1.82 bits per heavy atom. The molecule has 2 aromatic carbocycles. The van der Waals surface area contributed by atoms with Crippen LogP contribution in [0.2, 0.25) is 0 Å². The van der Waals surface area contributed by atoms with E-state index in [1.807, 2.05) is 24.3 Å². The smallest absolute Gasteiger partial charge is 0.288 e. The SMILES string of the molecule is CC(Sc1nnc(-c2ccccc2Br)o1)C(=O)Nc1ccc(SC(F)F)cc1. The summed E-state index contributed by atoms with van der Waals surface area (Å²) in [5.41, 5.74) is 1.29. The number of halogens is 3. The van der Waals surface area contributed by atoms with E-state index in [4.69, 9.17) is 4.42 Å². The number of hydrogen-bond donors (Lipinski definition) is 1. The Morgan fingerprint density at radius 3 is 2.50 bits per heavy atom. The second-order valence-electron chi connectivity index (χ2n) is 5.51. The predicted octanol–water partition coefficient (Wildman–Crippen LogP) is 5.93. The largest absolute Gasteiger partial charge is 0.411 e. The molecule has 10 heteroatoms. The molecule has 0 saturated heterocycles. The Bertz CT molecular complexity index is 954. The molecule has 0 aliphatic carbocycles. The molecule has 0 saturated carbocycles. The summed E-state index contributed by atoms with van der Waals surface area (Å²) in [6.07, 6.45) is 0. The zero-order chi connectivity index (χ0) is 20.1. The third-order valence-corrected chi connectivity index (χ3v) is 5.85. The Morgan fingerprint density at radius 1 is 1.11 bits per heavy atom. The van der Waals surface area contributed by atoms with Crippen molar-refractivity contribution >= 4 is 51.0 Å². The van der Waals surface area contributed by atoms with Gasteiger partial charge in [0.05, 0.1) is 10.8 Å². The number of rotatable bonds is 7. The molecule has 3 rings (SSSR count). The van der Waals surface area contributed by atoms with Crippen molar-refractivity contribution in [3.8, 4) is 11.5 Å². The summed E-state index contributed by atoms with van der Waals surface area (Å²) in [7, 11) is 0. The van der Waals surface area contributed by atoms with Crippen molar-refractivity contribution in [1.29, 1.82) is 0 Å².